The van der Waals surface area contributed by atoms with Crippen molar-refractivity contribution in [1.29, 1.82) is 0 Å². The molecule has 3 N–H and O–H groups in total. The predicted octanol–water partition coefficient (Wildman–Crippen LogP) is 3.89. The second-order valence-electron chi connectivity index (χ2n) is 6.49. The topological polar surface area (TPSA) is 103 Å². The van der Waals surface area contributed by atoms with E-state index in [0.29, 0.717) is 17.4 Å². The molecule has 0 unspecified atom stereocenters. The highest BCUT2D eigenvalue weighted by molar-refractivity contribution is 7.99. The van der Waals surface area contributed by atoms with Gasteiger partial charge in [0.1, 0.15) is 0 Å². The lowest BCUT2D eigenvalue weighted by Gasteiger charge is -2.10. The monoisotopic (exact) mass is 441 g/mol. The van der Waals surface area contributed by atoms with Crippen molar-refractivity contribution in [3.05, 3.63) is 58.3 Å². The molecular weight excluding hydrogens is 418 g/mol. The van der Waals surface area contributed by atoms with Gasteiger partial charge in [0.15, 0.2) is 11.0 Å². The molecule has 0 saturated carbocycles. The smallest absolute Gasteiger partial charge is 0.250 e. The molecule has 0 atom stereocenters. The number of primary amides is 1. The Hall–Kier alpha value is -2.91. The van der Waals surface area contributed by atoms with Gasteiger partial charge in [0.25, 0.3) is 5.91 Å². The lowest BCUT2D eigenvalue weighted by molar-refractivity contribution is -0.113. The Morgan fingerprint density at radius 1 is 1.33 bits per heavy atom. The average molecular weight is 442 g/mol. The number of thiophene rings is 1. The Bertz CT molecular complexity index is 1090. The molecular formula is C21H23N5O2S2. The van der Waals surface area contributed by atoms with Crippen LogP contribution in [0.25, 0.3) is 11.4 Å². The van der Waals surface area contributed by atoms with Crippen LogP contribution >= 0.6 is 23.1 Å². The molecule has 0 spiro atoms. The first-order chi connectivity index (χ1) is 14.5. The number of anilines is 1. The largest absolute Gasteiger partial charge is 0.366 e. The van der Waals surface area contributed by atoms with Gasteiger partial charge in [-0.25, -0.2) is 0 Å². The van der Waals surface area contributed by atoms with Crippen molar-refractivity contribution < 1.29 is 9.59 Å². The van der Waals surface area contributed by atoms with Crippen LogP contribution in [-0.4, -0.2) is 32.3 Å². The summed E-state index contributed by atoms with van der Waals surface area (Å²) in [5.41, 5.74) is 8.36. The van der Waals surface area contributed by atoms with E-state index < -0.39 is 5.91 Å². The van der Waals surface area contributed by atoms with E-state index in [2.05, 4.69) is 41.3 Å². The fourth-order valence-corrected chi connectivity index (χ4v) is 4.80. The number of carbonyl (C=O) groups excluding carboxylic acids is 2. The van der Waals surface area contributed by atoms with Gasteiger partial charge in [-0.15, -0.1) is 28.1 Å². The van der Waals surface area contributed by atoms with Crippen molar-refractivity contribution in [2.45, 2.75) is 32.0 Å². The van der Waals surface area contributed by atoms with Crippen LogP contribution < -0.4 is 11.1 Å². The second kappa shape index (κ2) is 9.73. The molecule has 7 nitrogen and oxygen atoms in total. The van der Waals surface area contributed by atoms with Crippen LogP contribution in [0.5, 0.6) is 0 Å². The summed E-state index contributed by atoms with van der Waals surface area (Å²) in [6, 6.07) is 6.65. The lowest BCUT2D eigenvalue weighted by atomic mass is 10.1. The van der Waals surface area contributed by atoms with Gasteiger partial charge in [0.05, 0.1) is 17.0 Å². The maximum Gasteiger partial charge on any atom is 0.250 e. The van der Waals surface area contributed by atoms with E-state index in [9.17, 15) is 9.59 Å². The second-order valence-corrected chi connectivity index (χ2v) is 8.52. The predicted molar refractivity (Wildman–Crippen MR) is 122 cm³/mol. The Morgan fingerprint density at radius 2 is 2.10 bits per heavy atom. The van der Waals surface area contributed by atoms with Crippen LogP contribution in [0.2, 0.25) is 0 Å². The summed E-state index contributed by atoms with van der Waals surface area (Å²) in [7, 11) is 0. The van der Waals surface area contributed by atoms with Crippen LogP contribution in [0, 0.1) is 6.92 Å². The lowest BCUT2D eigenvalue weighted by Crippen LogP contribution is -2.19. The van der Waals surface area contributed by atoms with Crippen molar-refractivity contribution in [3.8, 4) is 11.4 Å². The number of para-hydroxylation sites is 1. The standard InChI is InChI=1S/C21H23N5O2S2/c1-4-10-26-20(16-11-29-13(3)14(16)5-2)24-25-21(26)30-12-18(27)23-17-9-7-6-8-15(17)19(22)28/h4,6-9,11H,1,5,10,12H2,2-3H3,(H2,22,28)(H,23,27). The molecule has 0 radical (unpaired) electrons. The maximum atomic E-state index is 12.5. The molecule has 9 heteroatoms. The fraction of sp³-hybridized carbons (Fsp3) is 0.238. The van der Waals surface area contributed by atoms with Crippen molar-refractivity contribution in [2.24, 2.45) is 5.73 Å². The third-order valence-corrected chi connectivity index (χ3v) is 6.45. The third kappa shape index (κ3) is 4.63. The quantitative estimate of drug-likeness (QED) is 0.387. The van der Waals surface area contributed by atoms with Crippen molar-refractivity contribution >= 4 is 40.6 Å². The number of allylic oxidation sites excluding steroid dienone is 1. The SMILES string of the molecule is C=CCn1c(SCC(=O)Nc2ccccc2C(N)=O)nnc1-c1csc(C)c1CC. The Balaban J connectivity index is 1.77. The van der Waals surface area contributed by atoms with Crippen molar-refractivity contribution in [3.63, 3.8) is 0 Å². The van der Waals surface area contributed by atoms with Crippen LogP contribution in [0.3, 0.4) is 0 Å². The van der Waals surface area contributed by atoms with Gasteiger partial charge in [-0.05, 0) is 31.0 Å². The number of rotatable bonds is 9. The van der Waals surface area contributed by atoms with Crippen LogP contribution in [0.15, 0.2) is 47.5 Å². The summed E-state index contributed by atoms with van der Waals surface area (Å²) in [5.74, 6) is 0.0416. The molecule has 0 aliphatic heterocycles. The van der Waals surface area contributed by atoms with E-state index in [4.69, 9.17) is 5.73 Å². The molecule has 0 aliphatic carbocycles. The first kappa shape index (κ1) is 21.8. The van der Waals surface area contributed by atoms with Gasteiger partial charge in [0.2, 0.25) is 5.91 Å². The first-order valence-corrected chi connectivity index (χ1v) is 11.3. The van der Waals surface area contributed by atoms with Crippen LogP contribution in [0.4, 0.5) is 5.69 Å². The fourth-order valence-electron chi connectivity index (χ4n) is 3.12. The zero-order valence-corrected chi connectivity index (χ0v) is 18.5. The van der Waals surface area contributed by atoms with Crippen molar-refractivity contribution in [1.82, 2.24) is 14.8 Å². The van der Waals surface area contributed by atoms with E-state index in [1.54, 1.807) is 41.7 Å². The minimum absolute atomic E-state index is 0.117. The van der Waals surface area contributed by atoms with Gasteiger partial charge in [-0.2, -0.15) is 0 Å². The Kier molecular flexibility index (Phi) is 7.07. The average Bonchev–Trinajstić information content (AvgIpc) is 3.29. The number of nitrogens with zero attached hydrogens (tertiary/aromatic N) is 3. The van der Waals surface area contributed by atoms with Crippen LogP contribution in [0.1, 0.15) is 27.7 Å². The Labute approximate surface area is 183 Å². The van der Waals surface area contributed by atoms with Gasteiger partial charge in [0, 0.05) is 22.4 Å². The molecule has 2 heterocycles. The summed E-state index contributed by atoms with van der Waals surface area (Å²) in [5, 5.41) is 14.2. The summed E-state index contributed by atoms with van der Waals surface area (Å²) >= 11 is 2.98. The molecule has 2 amide bonds. The zero-order valence-electron chi connectivity index (χ0n) is 16.8. The summed E-state index contributed by atoms with van der Waals surface area (Å²) in [4.78, 5) is 25.2. The van der Waals surface area contributed by atoms with Gasteiger partial charge >= 0.3 is 0 Å². The molecule has 30 heavy (non-hydrogen) atoms. The highest BCUT2D eigenvalue weighted by Crippen LogP contribution is 2.32. The van der Waals surface area contributed by atoms with E-state index in [0.717, 1.165) is 17.8 Å². The molecule has 0 aliphatic rings. The summed E-state index contributed by atoms with van der Waals surface area (Å²) < 4.78 is 1.96. The highest BCUT2D eigenvalue weighted by atomic mass is 32.2. The number of thioether (sulfide) groups is 1. The molecule has 156 valence electrons. The number of nitrogens with one attached hydrogen (secondary N) is 1. The van der Waals surface area contributed by atoms with Gasteiger partial charge in [-0.1, -0.05) is 36.9 Å². The van der Waals surface area contributed by atoms with E-state index >= 15 is 0 Å². The van der Waals surface area contributed by atoms with Gasteiger partial charge in [-0.3, -0.25) is 14.2 Å². The number of nitrogens with two attached hydrogens (primary N) is 1. The number of carbonyl (C=O) groups is 2. The maximum absolute atomic E-state index is 12.5. The number of benzene rings is 1. The molecule has 0 saturated heterocycles. The Morgan fingerprint density at radius 3 is 2.80 bits per heavy atom. The minimum Gasteiger partial charge on any atom is -0.366 e. The molecule has 0 bridgehead atoms. The number of aromatic nitrogens is 3. The third-order valence-electron chi connectivity index (χ3n) is 4.53. The molecule has 3 aromatic rings. The number of aryl methyl sites for hydroxylation is 1. The summed E-state index contributed by atoms with van der Waals surface area (Å²) in [6.45, 7) is 8.59. The van der Waals surface area contributed by atoms with E-state index in [1.165, 1.54) is 22.2 Å². The molecule has 1 aromatic carbocycles. The number of hydrogen-bond acceptors (Lipinski definition) is 6. The zero-order chi connectivity index (χ0) is 21.7. The number of hydrogen-bond donors (Lipinski definition) is 2. The molecule has 2 aromatic heterocycles. The summed E-state index contributed by atoms with van der Waals surface area (Å²) in [6.07, 6.45) is 2.70. The van der Waals surface area contributed by atoms with Crippen molar-refractivity contribution in [2.75, 3.05) is 11.1 Å². The van der Waals surface area contributed by atoms with E-state index in [-0.39, 0.29) is 17.2 Å². The molecule has 3 rings (SSSR count). The van der Waals surface area contributed by atoms with Crippen LogP contribution in [-0.2, 0) is 17.8 Å². The number of amides is 2. The highest BCUT2D eigenvalue weighted by Gasteiger charge is 2.19. The first-order valence-electron chi connectivity index (χ1n) is 9.39. The normalized spacial score (nSPS) is 10.7. The van der Waals surface area contributed by atoms with Gasteiger partial charge < -0.3 is 11.1 Å². The minimum atomic E-state index is -0.591. The van der Waals surface area contributed by atoms with E-state index in [1.807, 2.05) is 4.57 Å². The molecule has 0 fully saturated rings.